The molecule has 0 N–H and O–H groups in total. The Hall–Kier alpha value is -3.63. The second-order valence-corrected chi connectivity index (χ2v) is 6.34. The van der Waals surface area contributed by atoms with Crippen LogP contribution in [-0.2, 0) is 17.1 Å². The Bertz CT molecular complexity index is 1110. The summed E-state index contributed by atoms with van der Waals surface area (Å²) in [6.45, 7) is 1.27. The predicted octanol–water partition coefficient (Wildman–Crippen LogP) is 5.10. The van der Waals surface area contributed by atoms with E-state index in [1.165, 1.54) is 44.0 Å². The number of benzene rings is 1. The largest absolute Gasteiger partial charge is 0.416 e. The van der Waals surface area contributed by atoms with Crippen LogP contribution < -0.4 is 0 Å². The fourth-order valence-corrected chi connectivity index (χ4v) is 2.66. The molecular formula is C20H12F6N4O. The maximum Gasteiger partial charge on any atom is 0.416 e. The second-order valence-electron chi connectivity index (χ2n) is 6.34. The number of ketones is 1. The number of aromatic nitrogens is 4. The SMILES string of the molecule is CC(=O)/C(=C/c1nccc(-c2cc(C(F)(F)F)cc(C(F)(F)F)c2)n1)c1cncnc1. The van der Waals surface area contributed by atoms with Gasteiger partial charge in [-0.15, -0.1) is 0 Å². The molecule has 0 bridgehead atoms. The molecule has 2 heterocycles. The van der Waals surface area contributed by atoms with Gasteiger partial charge in [-0.1, -0.05) is 0 Å². The number of halogens is 6. The smallest absolute Gasteiger partial charge is 0.294 e. The van der Waals surface area contributed by atoms with Crippen LogP contribution in [0.5, 0.6) is 0 Å². The summed E-state index contributed by atoms with van der Waals surface area (Å²) in [7, 11) is 0. The molecule has 0 aliphatic heterocycles. The quantitative estimate of drug-likeness (QED) is 0.419. The Kier molecular flexibility index (Phi) is 5.87. The third kappa shape index (κ3) is 5.30. The molecule has 1 aromatic carbocycles. The molecule has 2 aromatic heterocycles. The maximum atomic E-state index is 13.1. The molecule has 0 saturated heterocycles. The molecule has 11 heteroatoms. The van der Waals surface area contributed by atoms with Gasteiger partial charge in [-0.05, 0) is 37.3 Å². The van der Waals surface area contributed by atoms with Gasteiger partial charge < -0.3 is 0 Å². The molecule has 0 unspecified atom stereocenters. The second kappa shape index (κ2) is 8.25. The van der Waals surface area contributed by atoms with Crippen LogP contribution in [0, 0.1) is 0 Å². The van der Waals surface area contributed by atoms with Crippen molar-refractivity contribution in [1.29, 1.82) is 0 Å². The number of hydrogen-bond acceptors (Lipinski definition) is 5. The average molecular weight is 438 g/mol. The van der Waals surface area contributed by atoms with E-state index in [0.717, 1.165) is 0 Å². The van der Waals surface area contributed by atoms with E-state index in [1.807, 2.05) is 0 Å². The zero-order valence-electron chi connectivity index (χ0n) is 15.7. The lowest BCUT2D eigenvalue weighted by molar-refractivity contribution is -0.143. The van der Waals surface area contributed by atoms with E-state index in [1.54, 1.807) is 0 Å². The molecule has 160 valence electrons. The monoisotopic (exact) mass is 438 g/mol. The van der Waals surface area contributed by atoms with Crippen molar-refractivity contribution in [3.8, 4) is 11.3 Å². The van der Waals surface area contributed by atoms with Gasteiger partial charge in [0.25, 0.3) is 0 Å². The van der Waals surface area contributed by atoms with Crippen LogP contribution in [0.15, 0.2) is 49.2 Å². The zero-order chi connectivity index (χ0) is 22.8. The Labute approximate surface area is 171 Å². The highest BCUT2D eigenvalue weighted by Gasteiger charge is 2.37. The molecule has 3 rings (SSSR count). The lowest BCUT2D eigenvalue weighted by atomic mass is 10.0. The molecule has 5 nitrogen and oxygen atoms in total. The minimum absolute atomic E-state index is 0.0365. The topological polar surface area (TPSA) is 68.6 Å². The minimum atomic E-state index is -4.99. The molecule has 0 amide bonds. The van der Waals surface area contributed by atoms with Gasteiger partial charge in [-0.25, -0.2) is 19.9 Å². The first-order valence-electron chi connectivity index (χ1n) is 8.56. The number of alkyl halides is 6. The average Bonchev–Trinajstić information content (AvgIpc) is 2.71. The van der Waals surface area contributed by atoms with Gasteiger partial charge in [-0.2, -0.15) is 26.3 Å². The first-order valence-corrected chi connectivity index (χ1v) is 8.56. The van der Waals surface area contributed by atoms with Gasteiger partial charge in [0.15, 0.2) is 11.6 Å². The van der Waals surface area contributed by atoms with Gasteiger partial charge in [0.1, 0.15) is 6.33 Å². The van der Waals surface area contributed by atoms with Gasteiger partial charge in [0.05, 0.1) is 16.8 Å². The van der Waals surface area contributed by atoms with Crippen LogP contribution in [0.25, 0.3) is 22.9 Å². The molecule has 0 radical (unpaired) electrons. The number of nitrogens with zero attached hydrogens (tertiary/aromatic N) is 4. The van der Waals surface area contributed by atoms with Gasteiger partial charge in [0.2, 0.25) is 0 Å². The summed E-state index contributed by atoms with van der Waals surface area (Å²) in [5, 5.41) is 0. The minimum Gasteiger partial charge on any atom is -0.294 e. The van der Waals surface area contributed by atoms with Crippen molar-refractivity contribution in [3.05, 3.63) is 71.7 Å². The van der Waals surface area contributed by atoms with Gasteiger partial charge in [0, 0.05) is 35.3 Å². The van der Waals surface area contributed by atoms with E-state index in [0.29, 0.717) is 17.7 Å². The fraction of sp³-hybridized carbons (Fsp3) is 0.150. The number of rotatable bonds is 4. The van der Waals surface area contributed by atoms with Crippen LogP contribution >= 0.6 is 0 Å². The molecule has 3 aromatic rings. The lowest BCUT2D eigenvalue weighted by Crippen LogP contribution is -2.11. The van der Waals surface area contributed by atoms with Crippen molar-refractivity contribution in [3.63, 3.8) is 0 Å². The van der Waals surface area contributed by atoms with Crippen LogP contribution in [0.3, 0.4) is 0 Å². The summed E-state index contributed by atoms with van der Waals surface area (Å²) in [6, 6.07) is 2.35. The highest BCUT2D eigenvalue weighted by Crippen LogP contribution is 2.38. The number of allylic oxidation sites excluding steroid dienone is 1. The number of carbonyl (C=O) groups is 1. The van der Waals surface area contributed by atoms with Crippen molar-refractivity contribution in [2.45, 2.75) is 19.3 Å². The molecule has 0 atom stereocenters. The molecular weight excluding hydrogens is 426 g/mol. The van der Waals surface area contributed by atoms with E-state index in [4.69, 9.17) is 0 Å². The van der Waals surface area contributed by atoms with E-state index in [9.17, 15) is 31.1 Å². The van der Waals surface area contributed by atoms with Gasteiger partial charge in [-0.3, -0.25) is 4.79 Å². The third-order valence-electron chi connectivity index (χ3n) is 4.08. The molecule has 0 fully saturated rings. The highest BCUT2D eigenvalue weighted by atomic mass is 19.4. The first kappa shape index (κ1) is 22.1. The lowest BCUT2D eigenvalue weighted by Gasteiger charge is -2.14. The van der Waals surface area contributed by atoms with Crippen molar-refractivity contribution < 1.29 is 31.1 Å². The van der Waals surface area contributed by atoms with E-state index in [-0.39, 0.29) is 28.9 Å². The predicted molar refractivity (Wildman–Crippen MR) is 98.1 cm³/mol. The normalized spacial score (nSPS) is 12.7. The highest BCUT2D eigenvalue weighted by molar-refractivity contribution is 6.23. The number of carbonyl (C=O) groups excluding carboxylic acids is 1. The van der Waals surface area contributed by atoms with E-state index in [2.05, 4.69) is 19.9 Å². The van der Waals surface area contributed by atoms with Crippen molar-refractivity contribution in [2.24, 2.45) is 0 Å². The Balaban J connectivity index is 2.12. The zero-order valence-corrected chi connectivity index (χ0v) is 15.7. The van der Waals surface area contributed by atoms with E-state index < -0.39 is 29.0 Å². The molecule has 0 aliphatic rings. The van der Waals surface area contributed by atoms with Crippen molar-refractivity contribution >= 4 is 17.4 Å². The number of Topliss-reactive ketones (excluding diaryl/α,β-unsaturated/α-hetero) is 1. The summed E-state index contributed by atoms with van der Waals surface area (Å²) in [4.78, 5) is 27.5. The van der Waals surface area contributed by atoms with Gasteiger partial charge >= 0.3 is 12.4 Å². The summed E-state index contributed by atoms with van der Waals surface area (Å²) in [5.74, 6) is -0.472. The third-order valence-corrected chi connectivity index (χ3v) is 4.08. The summed E-state index contributed by atoms with van der Waals surface area (Å²) in [5.41, 5.74) is -3.02. The Morgan fingerprint density at radius 1 is 0.935 bits per heavy atom. The molecule has 0 aliphatic carbocycles. The van der Waals surface area contributed by atoms with Crippen LogP contribution in [0.1, 0.15) is 29.4 Å². The number of hydrogen-bond donors (Lipinski definition) is 0. The Morgan fingerprint density at radius 3 is 2.03 bits per heavy atom. The standard InChI is InChI=1S/C20H12F6N4O/c1-11(31)16(13-8-27-10-28-9-13)7-18-29-3-2-17(30-18)12-4-14(19(21,22)23)6-15(5-12)20(24,25)26/h2-10H,1H3/b16-7-. The van der Waals surface area contributed by atoms with Crippen LogP contribution in [-0.4, -0.2) is 25.7 Å². The molecule has 31 heavy (non-hydrogen) atoms. The molecule has 0 spiro atoms. The van der Waals surface area contributed by atoms with Crippen LogP contribution in [0.2, 0.25) is 0 Å². The fourth-order valence-electron chi connectivity index (χ4n) is 2.66. The van der Waals surface area contributed by atoms with E-state index >= 15 is 0 Å². The Morgan fingerprint density at radius 2 is 1.52 bits per heavy atom. The molecule has 0 saturated carbocycles. The first-order chi connectivity index (χ1) is 14.4. The summed E-state index contributed by atoms with van der Waals surface area (Å²) < 4.78 is 78.7. The van der Waals surface area contributed by atoms with Crippen molar-refractivity contribution in [2.75, 3.05) is 0 Å². The summed E-state index contributed by atoms with van der Waals surface area (Å²) in [6.07, 6.45) is -3.56. The maximum absolute atomic E-state index is 13.1. The summed E-state index contributed by atoms with van der Waals surface area (Å²) >= 11 is 0. The van der Waals surface area contributed by atoms with Crippen molar-refractivity contribution in [1.82, 2.24) is 19.9 Å². The van der Waals surface area contributed by atoms with Crippen LogP contribution in [0.4, 0.5) is 26.3 Å².